The Labute approximate surface area is 240 Å². The molecule has 0 saturated heterocycles. The van der Waals surface area contributed by atoms with Crippen molar-refractivity contribution in [1.82, 2.24) is 9.88 Å². The number of ether oxygens (including phenoxy) is 2. The van der Waals surface area contributed by atoms with E-state index < -0.39 is 0 Å². The lowest BCUT2D eigenvalue weighted by Gasteiger charge is -2.18. The molecule has 1 amide bonds. The van der Waals surface area contributed by atoms with Crippen LogP contribution in [-0.4, -0.2) is 30.7 Å². The number of para-hydroxylation sites is 1. The van der Waals surface area contributed by atoms with Gasteiger partial charge in [-0.05, 0) is 66.1 Å². The molecule has 4 aromatic carbocycles. The molecule has 0 unspecified atom stereocenters. The highest BCUT2D eigenvalue weighted by molar-refractivity contribution is 6.30. The van der Waals surface area contributed by atoms with Crippen molar-refractivity contribution in [2.75, 3.05) is 20.3 Å². The third kappa shape index (κ3) is 6.74. The van der Waals surface area contributed by atoms with Gasteiger partial charge in [-0.1, -0.05) is 71.8 Å². The van der Waals surface area contributed by atoms with Gasteiger partial charge in [0.1, 0.15) is 11.5 Å². The van der Waals surface area contributed by atoms with Crippen LogP contribution in [0.1, 0.15) is 34.6 Å². The van der Waals surface area contributed by atoms with Crippen molar-refractivity contribution >= 4 is 28.4 Å². The summed E-state index contributed by atoms with van der Waals surface area (Å²) in [6.07, 6.45) is 2.50. The van der Waals surface area contributed by atoms with Gasteiger partial charge in [0.05, 0.1) is 6.61 Å². The average Bonchev–Trinajstić information content (AvgIpc) is 3.32. The molecular formula is C34H33ClN2O3. The van der Waals surface area contributed by atoms with Gasteiger partial charge in [0.15, 0.2) is 0 Å². The quantitative estimate of drug-likeness (QED) is 0.171. The van der Waals surface area contributed by atoms with Crippen molar-refractivity contribution in [1.29, 1.82) is 0 Å². The van der Waals surface area contributed by atoms with Crippen LogP contribution in [0.3, 0.4) is 0 Å². The minimum atomic E-state index is -0.180. The second-order valence-electron chi connectivity index (χ2n) is 9.94. The van der Waals surface area contributed by atoms with Crippen LogP contribution in [0.4, 0.5) is 0 Å². The summed E-state index contributed by atoms with van der Waals surface area (Å²) in [6.45, 7) is 3.78. The number of halogens is 1. The first-order chi connectivity index (χ1) is 19.5. The van der Waals surface area contributed by atoms with Gasteiger partial charge < -0.3 is 19.4 Å². The Bertz CT molecular complexity index is 1580. The van der Waals surface area contributed by atoms with Crippen LogP contribution < -0.4 is 10.1 Å². The van der Waals surface area contributed by atoms with Crippen LogP contribution >= 0.6 is 11.6 Å². The van der Waals surface area contributed by atoms with Crippen molar-refractivity contribution in [3.8, 4) is 11.5 Å². The van der Waals surface area contributed by atoms with Gasteiger partial charge in [-0.3, -0.25) is 4.79 Å². The lowest BCUT2D eigenvalue weighted by molar-refractivity contribution is -0.121. The predicted molar refractivity (Wildman–Crippen MR) is 162 cm³/mol. The Hall–Kier alpha value is -4.06. The summed E-state index contributed by atoms with van der Waals surface area (Å²) in [5, 5.41) is 4.79. The first kappa shape index (κ1) is 27.5. The number of nitrogens with one attached hydrogen (secondary N) is 1. The van der Waals surface area contributed by atoms with Crippen molar-refractivity contribution in [2.45, 2.75) is 25.8 Å². The molecule has 1 heterocycles. The zero-order valence-electron chi connectivity index (χ0n) is 22.8. The maximum Gasteiger partial charge on any atom is 0.221 e. The number of carbonyl (C=O) groups is 1. The Kier molecular flexibility index (Phi) is 8.84. The topological polar surface area (TPSA) is 52.5 Å². The molecule has 6 heteroatoms. The first-order valence-corrected chi connectivity index (χ1v) is 13.8. The number of rotatable bonds is 11. The fourth-order valence-corrected chi connectivity index (χ4v) is 5.09. The molecule has 0 spiro atoms. The van der Waals surface area contributed by atoms with Crippen LogP contribution in [-0.2, 0) is 16.1 Å². The highest BCUT2D eigenvalue weighted by atomic mass is 35.5. The molecule has 0 bridgehead atoms. The molecule has 0 radical (unpaired) electrons. The standard InChI is InChI=1S/C34H33ClN2O3/c1-24-10-12-25(13-11-24)22-37-23-32(30-8-3-4-9-33(30)37)31(21-34(38)36-18-19-39-2)26-6-5-7-29(20-26)40-28-16-14-27(35)15-17-28/h3-17,20,23,31H,18-19,21-22H2,1-2H3,(H,36,38)/t31-/m0/s1. The molecule has 5 nitrogen and oxygen atoms in total. The highest BCUT2D eigenvalue weighted by Crippen LogP contribution is 2.37. The van der Waals surface area contributed by atoms with Gasteiger partial charge in [-0.25, -0.2) is 0 Å². The minimum absolute atomic E-state index is 0.0264. The van der Waals surface area contributed by atoms with Gasteiger partial charge in [0.25, 0.3) is 0 Å². The second-order valence-corrected chi connectivity index (χ2v) is 10.4. The van der Waals surface area contributed by atoms with Crippen LogP contribution in [0, 0.1) is 6.92 Å². The number of hydrogen-bond donors (Lipinski definition) is 1. The molecular weight excluding hydrogens is 520 g/mol. The molecule has 5 aromatic rings. The minimum Gasteiger partial charge on any atom is -0.457 e. The first-order valence-electron chi connectivity index (χ1n) is 13.4. The number of hydrogen-bond acceptors (Lipinski definition) is 3. The summed E-state index contributed by atoms with van der Waals surface area (Å²) < 4.78 is 13.6. The molecule has 5 rings (SSSR count). The molecule has 0 saturated carbocycles. The fourth-order valence-electron chi connectivity index (χ4n) is 4.96. The van der Waals surface area contributed by atoms with Crippen LogP contribution in [0.15, 0.2) is 103 Å². The van der Waals surface area contributed by atoms with Crippen molar-refractivity contribution in [2.24, 2.45) is 0 Å². The van der Waals surface area contributed by atoms with Gasteiger partial charge in [-0.15, -0.1) is 0 Å². The third-order valence-corrected chi connectivity index (χ3v) is 7.25. The maximum atomic E-state index is 13.1. The molecule has 1 aromatic heterocycles. The lowest BCUT2D eigenvalue weighted by atomic mass is 9.88. The van der Waals surface area contributed by atoms with E-state index >= 15 is 0 Å². The zero-order chi connectivity index (χ0) is 27.9. The Morgan fingerprint density at radius 1 is 0.925 bits per heavy atom. The second kappa shape index (κ2) is 12.9. The molecule has 0 aliphatic heterocycles. The Morgan fingerprint density at radius 2 is 1.70 bits per heavy atom. The van der Waals surface area contributed by atoms with Crippen molar-refractivity contribution in [3.05, 3.63) is 131 Å². The number of amides is 1. The molecule has 1 atom stereocenters. The monoisotopic (exact) mass is 552 g/mol. The van der Waals surface area contributed by atoms with Crippen molar-refractivity contribution in [3.63, 3.8) is 0 Å². The normalized spacial score (nSPS) is 11.9. The molecule has 40 heavy (non-hydrogen) atoms. The van der Waals surface area contributed by atoms with E-state index in [1.165, 1.54) is 11.1 Å². The lowest BCUT2D eigenvalue weighted by Crippen LogP contribution is -2.28. The highest BCUT2D eigenvalue weighted by Gasteiger charge is 2.23. The van der Waals surface area contributed by atoms with E-state index in [0.717, 1.165) is 28.6 Å². The maximum absolute atomic E-state index is 13.1. The Morgan fingerprint density at radius 3 is 2.48 bits per heavy atom. The number of carbonyl (C=O) groups excluding carboxylic acids is 1. The third-order valence-electron chi connectivity index (χ3n) is 7.00. The number of benzene rings is 4. The summed E-state index contributed by atoms with van der Waals surface area (Å²) in [4.78, 5) is 13.1. The fraction of sp³-hybridized carbons (Fsp3) is 0.206. The summed E-state index contributed by atoms with van der Waals surface area (Å²) >= 11 is 6.05. The molecule has 0 aliphatic carbocycles. The number of aryl methyl sites for hydroxylation is 1. The zero-order valence-corrected chi connectivity index (χ0v) is 23.5. The van der Waals surface area contributed by atoms with E-state index in [9.17, 15) is 4.79 Å². The average molecular weight is 553 g/mol. The van der Waals surface area contributed by atoms with E-state index in [0.29, 0.717) is 36.1 Å². The molecule has 0 aliphatic rings. The molecule has 1 N–H and O–H groups in total. The molecule has 0 fully saturated rings. The summed E-state index contributed by atoms with van der Waals surface area (Å²) in [5.74, 6) is 1.19. The largest absolute Gasteiger partial charge is 0.457 e. The SMILES string of the molecule is COCCNC(=O)C[C@@H](c1cccc(Oc2ccc(Cl)cc2)c1)c1cn(Cc2ccc(C)cc2)c2ccccc12. The van der Waals surface area contributed by atoms with E-state index in [4.69, 9.17) is 21.1 Å². The van der Waals surface area contributed by atoms with E-state index in [1.807, 2.05) is 30.3 Å². The van der Waals surface area contributed by atoms with Gasteiger partial charge in [0, 0.05) is 54.7 Å². The van der Waals surface area contributed by atoms with Crippen LogP contribution in [0.25, 0.3) is 10.9 Å². The van der Waals surface area contributed by atoms with Crippen LogP contribution in [0.2, 0.25) is 5.02 Å². The van der Waals surface area contributed by atoms with Gasteiger partial charge in [0.2, 0.25) is 5.91 Å². The summed E-state index contributed by atoms with van der Waals surface area (Å²) in [6, 6.07) is 32.3. The smallest absolute Gasteiger partial charge is 0.221 e. The predicted octanol–water partition coefficient (Wildman–Crippen LogP) is 7.73. The van der Waals surface area contributed by atoms with Gasteiger partial charge >= 0.3 is 0 Å². The Balaban J connectivity index is 1.52. The van der Waals surface area contributed by atoms with E-state index in [-0.39, 0.29) is 11.8 Å². The van der Waals surface area contributed by atoms with E-state index in [2.05, 4.69) is 77.6 Å². The number of fused-ring (bicyclic) bond motifs is 1. The van der Waals surface area contributed by atoms with Crippen molar-refractivity contribution < 1.29 is 14.3 Å². The van der Waals surface area contributed by atoms with Crippen LogP contribution in [0.5, 0.6) is 11.5 Å². The molecule has 204 valence electrons. The van der Waals surface area contributed by atoms with E-state index in [1.54, 1.807) is 19.2 Å². The number of methoxy groups -OCH3 is 1. The number of nitrogens with zero attached hydrogens (tertiary/aromatic N) is 1. The van der Waals surface area contributed by atoms with Gasteiger partial charge in [-0.2, -0.15) is 0 Å². The number of aromatic nitrogens is 1. The summed E-state index contributed by atoms with van der Waals surface area (Å²) in [5.41, 5.74) is 5.71. The summed E-state index contributed by atoms with van der Waals surface area (Å²) in [7, 11) is 1.63.